The third-order valence-corrected chi connectivity index (χ3v) is 2.94. The molecule has 1 aliphatic heterocycles. The van der Waals surface area contributed by atoms with E-state index in [1.165, 1.54) is 0 Å². The van der Waals surface area contributed by atoms with Crippen LogP contribution in [0.2, 0.25) is 0 Å². The summed E-state index contributed by atoms with van der Waals surface area (Å²) < 4.78 is 19.2. The summed E-state index contributed by atoms with van der Waals surface area (Å²) >= 11 is 0. The van der Waals surface area contributed by atoms with E-state index in [2.05, 4.69) is 10.2 Å². The lowest BCUT2D eigenvalue weighted by Gasteiger charge is -2.29. The van der Waals surface area contributed by atoms with Gasteiger partial charge in [0.25, 0.3) is 0 Å². The fourth-order valence-electron chi connectivity index (χ4n) is 2.02. The maximum atomic E-state index is 13.9. The number of hydrogen-bond donors (Lipinski definition) is 1. The van der Waals surface area contributed by atoms with E-state index in [0.29, 0.717) is 18.9 Å². The Labute approximate surface area is 102 Å². The molecule has 0 radical (unpaired) electrons. The van der Waals surface area contributed by atoms with Crippen molar-refractivity contribution in [3.63, 3.8) is 0 Å². The van der Waals surface area contributed by atoms with Gasteiger partial charge in [0.1, 0.15) is 5.82 Å². The van der Waals surface area contributed by atoms with Gasteiger partial charge in [-0.3, -0.25) is 0 Å². The van der Waals surface area contributed by atoms with Gasteiger partial charge >= 0.3 is 0 Å². The minimum Gasteiger partial charge on any atom is -0.377 e. The molecule has 0 bridgehead atoms. The molecule has 1 fully saturated rings. The van der Waals surface area contributed by atoms with Crippen molar-refractivity contribution in [2.24, 2.45) is 0 Å². The van der Waals surface area contributed by atoms with E-state index >= 15 is 0 Å². The summed E-state index contributed by atoms with van der Waals surface area (Å²) in [5.74, 6) is -0.149. The minimum absolute atomic E-state index is 0.149. The van der Waals surface area contributed by atoms with Crippen LogP contribution in [0.5, 0.6) is 0 Å². The standard InChI is InChI=1S/C13H19FN2O/c1-2-17-10-11-3-4-13(12(14)9-11)16-7-5-15-6-8-16/h3-4,9,15H,2,5-8,10H2,1H3. The minimum atomic E-state index is -0.149. The lowest BCUT2D eigenvalue weighted by Crippen LogP contribution is -2.43. The molecule has 1 N–H and O–H groups in total. The third-order valence-electron chi connectivity index (χ3n) is 2.94. The smallest absolute Gasteiger partial charge is 0.146 e. The first kappa shape index (κ1) is 12.3. The molecule has 0 atom stereocenters. The highest BCUT2D eigenvalue weighted by Crippen LogP contribution is 2.21. The fourth-order valence-corrected chi connectivity index (χ4v) is 2.02. The van der Waals surface area contributed by atoms with E-state index in [4.69, 9.17) is 4.74 Å². The maximum Gasteiger partial charge on any atom is 0.146 e. The predicted molar refractivity (Wildman–Crippen MR) is 66.8 cm³/mol. The van der Waals surface area contributed by atoms with E-state index in [9.17, 15) is 4.39 Å². The largest absolute Gasteiger partial charge is 0.377 e. The molecule has 0 amide bonds. The van der Waals surface area contributed by atoms with Crippen LogP contribution in [0, 0.1) is 5.82 Å². The normalized spacial score (nSPS) is 16.2. The number of hydrogen-bond acceptors (Lipinski definition) is 3. The SMILES string of the molecule is CCOCc1ccc(N2CCNCC2)c(F)c1. The molecular weight excluding hydrogens is 219 g/mol. The van der Waals surface area contributed by atoms with Crippen LogP contribution in [0.15, 0.2) is 18.2 Å². The number of nitrogens with one attached hydrogen (secondary N) is 1. The summed E-state index contributed by atoms with van der Waals surface area (Å²) in [4.78, 5) is 2.08. The Balaban J connectivity index is 2.07. The Hall–Kier alpha value is -1.13. The quantitative estimate of drug-likeness (QED) is 0.865. The summed E-state index contributed by atoms with van der Waals surface area (Å²) in [5, 5.41) is 3.26. The molecule has 0 unspecified atom stereocenters. The zero-order valence-corrected chi connectivity index (χ0v) is 10.2. The van der Waals surface area contributed by atoms with Gasteiger partial charge in [-0.1, -0.05) is 6.07 Å². The van der Waals surface area contributed by atoms with Gasteiger partial charge in [0.05, 0.1) is 12.3 Å². The van der Waals surface area contributed by atoms with E-state index in [0.717, 1.165) is 31.7 Å². The second-order valence-electron chi connectivity index (χ2n) is 4.16. The van der Waals surface area contributed by atoms with Crippen molar-refractivity contribution in [2.45, 2.75) is 13.5 Å². The third kappa shape index (κ3) is 3.17. The van der Waals surface area contributed by atoms with E-state index in [-0.39, 0.29) is 5.82 Å². The Morgan fingerprint density at radius 3 is 2.76 bits per heavy atom. The van der Waals surface area contributed by atoms with Crippen molar-refractivity contribution in [1.29, 1.82) is 0 Å². The summed E-state index contributed by atoms with van der Waals surface area (Å²) in [7, 11) is 0. The lowest BCUT2D eigenvalue weighted by atomic mass is 10.2. The molecule has 1 aliphatic rings. The van der Waals surface area contributed by atoms with Crippen molar-refractivity contribution >= 4 is 5.69 Å². The van der Waals surface area contributed by atoms with Crippen LogP contribution < -0.4 is 10.2 Å². The van der Waals surface area contributed by atoms with Crippen LogP contribution >= 0.6 is 0 Å². The van der Waals surface area contributed by atoms with Crippen LogP contribution in [-0.4, -0.2) is 32.8 Å². The van der Waals surface area contributed by atoms with Gasteiger partial charge in [-0.25, -0.2) is 4.39 Å². The Bertz CT molecular complexity index is 364. The molecule has 0 saturated carbocycles. The molecule has 94 valence electrons. The first-order valence-electron chi connectivity index (χ1n) is 6.13. The van der Waals surface area contributed by atoms with Gasteiger partial charge in [-0.15, -0.1) is 0 Å². The van der Waals surface area contributed by atoms with Crippen LogP contribution in [0.1, 0.15) is 12.5 Å². The topological polar surface area (TPSA) is 24.5 Å². The number of benzene rings is 1. The zero-order chi connectivity index (χ0) is 12.1. The molecule has 4 heteroatoms. The fraction of sp³-hybridized carbons (Fsp3) is 0.538. The second-order valence-corrected chi connectivity index (χ2v) is 4.16. The summed E-state index contributed by atoms with van der Waals surface area (Å²) in [6.45, 7) is 6.63. The van der Waals surface area contributed by atoms with Gasteiger partial charge in [-0.05, 0) is 24.6 Å². The molecule has 0 aromatic heterocycles. The zero-order valence-electron chi connectivity index (χ0n) is 10.2. The summed E-state index contributed by atoms with van der Waals surface area (Å²) in [6, 6.07) is 5.37. The van der Waals surface area contributed by atoms with Crippen molar-refractivity contribution < 1.29 is 9.13 Å². The van der Waals surface area contributed by atoms with Crippen LogP contribution in [0.3, 0.4) is 0 Å². The highest BCUT2D eigenvalue weighted by atomic mass is 19.1. The monoisotopic (exact) mass is 238 g/mol. The molecule has 1 aromatic rings. The van der Waals surface area contributed by atoms with Crippen LogP contribution in [0.4, 0.5) is 10.1 Å². The predicted octanol–water partition coefficient (Wildman–Crippen LogP) is 1.77. The van der Waals surface area contributed by atoms with Crippen LogP contribution in [0.25, 0.3) is 0 Å². The molecule has 1 heterocycles. The molecular formula is C13H19FN2O. The number of anilines is 1. The van der Waals surface area contributed by atoms with Crippen molar-refractivity contribution in [1.82, 2.24) is 5.32 Å². The number of nitrogens with zero attached hydrogens (tertiary/aromatic N) is 1. The Morgan fingerprint density at radius 1 is 1.35 bits per heavy atom. The molecule has 0 spiro atoms. The number of ether oxygens (including phenoxy) is 1. The average Bonchev–Trinajstić information content (AvgIpc) is 2.37. The molecule has 3 nitrogen and oxygen atoms in total. The van der Waals surface area contributed by atoms with Gasteiger partial charge in [0.2, 0.25) is 0 Å². The van der Waals surface area contributed by atoms with Crippen molar-refractivity contribution in [3.05, 3.63) is 29.6 Å². The average molecular weight is 238 g/mol. The maximum absolute atomic E-state index is 13.9. The first-order chi connectivity index (χ1) is 8.31. The van der Waals surface area contributed by atoms with Gasteiger partial charge in [-0.2, -0.15) is 0 Å². The summed E-state index contributed by atoms with van der Waals surface area (Å²) in [5.41, 5.74) is 1.59. The Morgan fingerprint density at radius 2 is 2.12 bits per heavy atom. The van der Waals surface area contributed by atoms with Gasteiger partial charge < -0.3 is 15.0 Å². The van der Waals surface area contributed by atoms with Crippen molar-refractivity contribution in [2.75, 3.05) is 37.7 Å². The lowest BCUT2D eigenvalue weighted by molar-refractivity contribution is 0.134. The number of halogens is 1. The van der Waals surface area contributed by atoms with E-state index < -0.39 is 0 Å². The molecule has 1 aromatic carbocycles. The molecule has 2 rings (SSSR count). The van der Waals surface area contributed by atoms with Gasteiger partial charge in [0, 0.05) is 32.8 Å². The molecule has 17 heavy (non-hydrogen) atoms. The highest BCUT2D eigenvalue weighted by Gasteiger charge is 2.14. The Kier molecular flexibility index (Phi) is 4.34. The van der Waals surface area contributed by atoms with E-state index in [1.807, 2.05) is 19.1 Å². The second kappa shape index (κ2) is 5.98. The van der Waals surface area contributed by atoms with Crippen LogP contribution in [-0.2, 0) is 11.3 Å². The van der Waals surface area contributed by atoms with Gasteiger partial charge in [0.15, 0.2) is 0 Å². The number of rotatable bonds is 4. The summed E-state index contributed by atoms with van der Waals surface area (Å²) in [6.07, 6.45) is 0. The highest BCUT2D eigenvalue weighted by molar-refractivity contribution is 5.49. The first-order valence-corrected chi connectivity index (χ1v) is 6.13. The van der Waals surface area contributed by atoms with E-state index in [1.54, 1.807) is 6.07 Å². The number of piperazine rings is 1. The molecule has 0 aliphatic carbocycles. The van der Waals surface area contributed by atoms with Crippen molar-refractivity contribution in [3.8, 4) is 0 Å². The molecule has 1 saturated heterocycles.